The predicted octanol–water partition coefficient (Wildman–Crippen LogP) is 0.681. The minimum atomic E-state index is 0.262. The van der Waals surface area contributed by atoms with Gasteiger partial charge in [-0.1, -0.05) is 6.92 Å². The molecule has 0 spiro atoms. The lowest BCUT2D eigenvalue weighted by Gasteiger charge is -2.16. The highest BCUT2D eigenvalue weighted by Crippen LogP contribution is 1.89. The van der Waals surface area contributed by atoms with Crippen molar-refractivity contribution in [3.63, 3.8) is 0 Å². The van der Waals surface area contributed by atoms with Crippen molar-refractivity contribution in [1.82, 2.24) is 5.32 Å². The Morgan fingerprint density at radius 2 is 1.65 bits per heavy atom. The Morgan fingerprint density at radius 1 is 0.882 bits per heavy atom. The van der Waals surface area contributed by atoms with E-state index < -0.39 is 0 Å². The molecule has 0 aliphatic carbocycles. The van der Waals surface area contributed by atoms with Gasteiger partial charge in [0, 0.05) is 27.4 Å². The molecular formula is C12H27NO4. The zero-order chi connectivity index (χ0) is 12.8. The Balaban J connectivity index is 3.23. The van der Waals surface area contributed by atoms with E-state index in [1.54, 1.807) is 14.2 Å². The first-order valence-corrected chi connectivity index (χ1v) is 6.21. The number of methoxy groups -OCH3 is 2. The molecule has 1 unspecified atom stereocenters. The normalized spacial score (nSPS) is 12.9. The molecule has 5 heteroatoms. The zero-order valence-corrected chi connectivity index (χ0v) is 11.4. The van der Waals surface area contributed by atoms with Gasteiger partial charge in [-0.05, 0) is 13.0 Å². The van der Waals surface area contributed by atoms with Crippen LogP contribution in [0, 0.1) is 0 Å². The third-order valence-corrected chi connectivity index (χ3v) is 2.19. The molecule has 0 aromatic rings. The zero-order valence-electron chi connectivity index (χ0n) is 11.4. The van der Waals surface area contributed by atoms with Gasteiger partial charge < -0.3 is 24.3 Å². The molecule has 1 atom stereocenters. The van der Waals surface area contributed by atoms with Crippen LogP contribution in [0.15, 0.2) is 0 Å². The number of hydrogen-bond donors (Lipinski definition) is 1. The summed E-state index contributed by atoms with van der Waals surface area (Å²) >= 11 is 0. The lowest BCUT2D eigenvalue weighted by Crippen LogP contribution is -2.37. The number of nitrogens with one attached hydrogen (secondary N) is 1. The van der Waals surface area contributed by atoms with Gasteiger partial charge in [-0.2, -0.15) is 0 Å². The molecule has 0 aromatic carbocycles. The summed E-state index contributed by atoms with van der Waals surface area (Å²) < 4.78 is 20.9. The first kappa shape index (κ1) is 16.8. The molecule has 0 fully saturated rings. The van der Waals surface area contributed by atoms with E-state index in [9.17, 15) is 0 Å². The van der Waals surface area contributed by atoms with Gasteiger partial charge in [0.25, 0.3) is 0 Å². The minimum Gasteiger partial charge on any atom is -0.385 e. The molecule has 0 rings (SSSR count). The maximum Gasteiger partial charge on any atom is 0.0701 e. The number of rotatable bonds is 13. The van der Waals surface area contributed by atoms with E-state index in [-0.39, 0.29) is 6.04 Å². The monoisotopic (exact) mass is 249 g/mol. The molecular weight excluding hydrogens is 222 g/mol. The van der Waals surface area contributed by atoms with Gasteiger partial charge in [-0.25, -0.2) is 0 Å². The third-order valence-electron chi connectivity index (χ3n) is 2.19. The van der Waals surface area contributed by atoms with Crippen molar-refractivity contribution in [2.45, 2.75) is 19.4 Å². The van der Waals surface area contributed by atoms with Gasteiger partial charge in [0.2, 0.25) is 0 Å². The van der Waals surface area contributed by atoms with Crippen LogP contribution in [0.4, 0.5) is 0 Å². The van der Waals surface area contributed by atoms with Gasteiger partial charge in [0.05, 0.1) is 32.5 Å². The predicted molar refractivity (Wildman–Crippen MR) is 67.5 cm³/mol. The number of likely N-dealkylation sites (N-methyl/N-ethyl adjacent to an activating group) is 1. The molecule has 1 N–H and O–H groups in total. The fourth-order valence-electron chi connectivity index (χ4n) is 1.41. The molecule has 0 amide bonds. The smallest absolute Gasteiger partial charge is 0.0701 e. The summed E-state index contributed by atoms with van der Waals surface area (Å²) in [5.41, 5.74) is 0. The first-order chi connectivity index (χ1) is 8.35. The van der Waals surface area contributed by atoms with Gasteiger partial charge in [0.1, 0.15) is 0 Å². The van der Waals surface area contributed by atoms with Crippen molar-refractivity contribution >= 4 is 0 Å². The average Bonchev–Trinajstić information content (AvgIpc) is 2.33. The average molecular weight is 249 g/mol. The highest BCUT2D eigenvalue weighted by Gasteiger charge is 2.05. The van der Waals surface area contributed by atoms with Crippen molar-refractivity contribution in [2.75, 3.05) is 60.4 Å². The second-order valence-electron chi connectivity index (χ2n) is 3.74. The second kappa shape index (κ2) is 13.9. The molecule has 5 nitrogen and oxygen atoms in total. The first-order valence-electron chi connectivity index (χ1n) is 6.21. The molecule has 0 aromatic heterocycles. The maximum atomic E-state index is 5.51. The van der Waals surface area contributed by atoms with Crippen molar-refractivity contribution < 1.29 is 18.9 Å². The van der Waals surface area contributed by atoms with Crippen LogP contribution in [0.5, 0.6) is 0 Å². The van der Waals surface area contributed by atoms with E-state index in [0.717, 1.165) is 26.2 Å². The summed E-state index contributed by atoms with van der Waals surface area (Å²) in [7, 11) is 3.39. The van der Waals surface area contributed by atoms with Crippen LogP contribution >= 0.6 is 0 Å². The van der Waals surface area contributed by atoms with Crippen LogP contribution in [0.25, 0.3) is 0 Å². The Kier molecular flexibility index (Phi) is 13.7. The van der Waals surface area contributed by atoms with Crippen LogP contribution in [-0.4, -0.2) is 66.4 Å². The van der Waals surface area contributed by atoms with Crippen molar-refractivity contribution in [1.29, 1.82) is 0 Å². The van der Waals surface area contributed by atoms with E-state index in [1.165, 1.54) is 0 Å². The van der Waals surface area contributed by atoms with Gasteiger partial charge in [-0.15, -0.1) is 0 Å². The Morgan fingerprint density at radius 3 is 2.29 bits per heavy atom. The Bertz CT molecular complexity index is 140. The van der Waals surface area contributed by atoms with Crippen LogP contribution < -0.4 is 5.32 Å². The van der Waals surface area contributed by atoms with Gasteiger partial charge in [0.15, 0.2) is 0 Å². The van der Waals surface area contributed by atoms with E-state index in [1.807, 2.05) is 0 Å². The summed E-state index contributed by atoms with van der Waals surface area (Å²) in [4.78, 5) is 0. The molecule has 0 aliphatic heterocycles. The molecule has 0 heterocycles. The lowest BCUT2D eigenvalue weighted by molar-refractivity contribution is 0.0230. The van der Waals surface area contributed by atoms with Crippen molar-refractivity contribution in [2.24, 2.45) is 0 Å². The quantitative estimate of drug-likeness (QED) is 0.486. The number of hydrogen-bond acceptors (Lipinski definition) is 5. The lowest BCUT2D eigenvalue weighted by atomic mass is 10.3. The molecule has 0 aliphatic rings. The Hall–Kier alpha value is -0.200. The fourth-order valence-corrected chi connectivity index (χ4v) is 1.41. The summed E-state index contributed by atoms with van der Waals surface area (Å²) in [6.45, 7) is 7.05. The van der Waals surface area contributed by atoms with Crippen LogP contribution in [0.3, 0.4) is 0 Å². The van der Waals surface area contributed by atoms with Crippen molar-refractivity contribution in [3.05, 3.63) is 0 Å². The molecule has 0 saturated carbocycles. The highest BCUT2D eigenvalue weighted by atomic mass is 16.5. The minimum absolute atomic E-state index is 0.262. The summed E-state index contributed by atoms with van der Waals surface area (Å²) in [5, 5.41) is 3.29. The summed E-state index contributed by atoms with van der Waals surface area (Å²) in [5.74, 6) is 0. The van der Waals surface area contributed by atoms with Gasteiger partial charge in [-0.3, -0.25) is 0 Å². The van der Waals surface area contributed by atoms with Crippen molar-refractivity contribution in [3.8, 4) is 0 Å². The summed E-state index contributed by atoms with van der Waals surface area (Å²) in [6, 6.07) is 0.262. The standard InChI is InChI=1S/C12H27NO4/c1-4-13-12(10-15-3)11-17-9-8-16-7-5-6-14-2/h12-13H,4-11H2,1-3H3. The SMILES string of the molecule is CCNC(COC)COCCOCCCOC. The van der Waals surface area contributed by atoms with Crippen LogP contribution in [-0.2, 0) is 18.9 Å². The molecule has 17 heavy (non-hydrogen) atoms. The van der Waals surface area contributed by atoms with Crippen LogP contribution in [0.2, 0.25) is 0 Å². The van der Waals surface area contributed by atoms with E-state index >= 15 is 0 Å². The topological polar surface area (TPSA) is 49.0 Å². The van der Waals surface area contributed by atoms with E-state index in [2.05, 4.69) is 12.2 Å². The van der Waals surface area contributed by atoms with E-state index in [4.69, 9.17) is 18.9 Å². The van der Waals surface area contributed by atoms with Gasteiger partial charge >= 0.3 is 0 Å². The third kappa shape index (κ3) is 12.1. The Labute approximate surface area is 105 Å². The molecule has 0 bridgehead atoms. The number of ether oxygens (including phenoxy) is 4. The fraction of sp³-hybridized carbons (Fsp3) is 1.00. The maximum absolute atomic E-state index is 5.51. The molecule has 0 saturated heterocycles. The summed E-state index contributed by atoms with van der Waals surface area (Å²) in [6.07, 6.45) is 0.931. The van der Waals surface area contributed by atoms with E-state index in [0.29, 0.717) is 26.4 Å². The molecule has 104 valence electrons. The highest BCUT2D eigenvalue weighted by molar-refractivity contribution is 4.63. The second-order valence-corrected chi connectivity index (χ2v) is 3.74. The molecule has 0 radical (unpaired) electrons. The van der Waals surface area contributed by atoms with Crippen LogP contribution in [0.1, 0.15) is 13.3 Å². The largest absolute Gasteiger partial charge is 0.385 e.